The minimum absolute atomic E-state index is 0.808. The van der Waals surface area contributed by atoms with Crippen LogP contribution in [0.1, 0.15) is 18.9 Å². The van der Waals surface area contributed by atoms with Crippen molar-refractivity contribution in [1.29, 1.82) is 0 Å². The molecule has 0 aromatic heterocycles. The van der Waals surface area contributed by atoms with Crippen LogP contribution in [0.5, 0.6) is 5.75 Å². The van der Waals surface area contributed by atoms with Gasteiger partial charge in [0.25, 0.3) is 0 Å². The van der Waals surface area contributed by atoms with Gasteiger partial charge in [-0.1, -0.05) is 25.1 Å². The molecule has 0 aliphatic carbocycles. The van der Waals surface area contributed by atoms with Crippen molar-refractivity contribution in [2.24, 2.45) is 0 Å². The highest BCUT2D eigenvalue weighted by molar-refractivity contribution is 5.83. The minimum atomic E-state index is 0.808. The Bertz CT molecular complexity index is 340. The number of methoxy groups -OCH3 is 1. The first-order chi connectivity index (χ1) is 6.83. The predicted octanol–water partition coefficient (Wildman–Crippen LogP) is 2.69. The van der Waals surface area contributed by atoms with E-state index in [1.165, 1.54) is 0 Å². The zero-order chi connectivity index (χ0) is 10.4. The molecule has 0 amide bonds. The SMILES string of the molecule is CC/C(=C/C=O)c1ccccc1OC. The van der Waals surface area contributed by atoms with Crippen molar-refractivity contribution in [3.8, 4) is 5.75 Å². The average molecular weight is 190 g/mol. The number of benzene rings is 1. The molecular formula is C12H14O2. The number of rotatable bonds is 4. The molecular weight excluding hydrogens is 176 g/mol. The molecule has 0 saturated heterocycles. The Kier molecular flexibility index (Phi) is 3.92. The lowest BCUT2D eigenvalue weighted by Gasteiger charge is -2.09. The third-order valence-corrected chi connectivity index (χ3v) is 2.10. The number of carbonyl (C=O) groups excluding carboxylic acids is 1. The number of allylic oxidation sites excluding steroid dienone is 2. The Morgan fingerprint density at radius 1 is 1.43 bits per heavy atom. The number of carbonyl (C=O) groups is 1. The first kappa shape index (κ1) is 10.5. The molecule has 1 rings (SSSR count). The molecule has 0 fully saturated rings. The van der Waals surface area contributed by atoms with E-state index in [0.717, 1.165) is 29.6 Å². The zero-order valence-electron chi connectivity index (χ0n) is 8.49. The van der Waals surface area contributed by atoms with Crippen LogP contribution in [0.3, 0.4) is 0 Å². The van der Waals surface area contributed by atoms with E-state index in [4.69, 9.17) is 4.74 Å². The van der Waals surface area contributed by atoms with E-state index in [-0.39, 0.29) is 0 Å². The molecule has 0 atom stereocenters. The van der Waals surface area contributed by atoms with Crippen LogP contribution >= 0.6 is 0 Å². The summed E-state index contributed by atoms with van der Waals surface area (Å²) >= 11 is 0. The van der Waals surface area contributed by atoms with E-state index < -0.39 is 0 Å². The second kappa shape index (κ2) is 5.22. The van der Waals surface area contributed by atoms with Crippen LogP contribution in [0, 0.1) is 0 Å². The maximum Gasteiger partial charge on any atom is 0.143 e. The summed E-state index contributed by atoms with van der Waals surface area (Å²) in [5, 5.41) is 0. The van der Waals surface area contributed by atoms with E-state index >= 15 is 0 Å². The summed E-state index contributed by atoms with van der Waals surface area (Å²) in [6.07, 6.45) is 3.21. The van der Waals surface area contributed by atoms with Crippen molar-refractivity contribution in [2.45, 2.75) is 13.3 Å². The molecule has 14 heavy (non-hydrogen) atoms. The van der Waals surface area contributed by atoms with E-state index in [9.17, 15) is 4.79 Å². The normalized spacial score (nSPS) is 11.1. The fourth-order valence-corrected chi connectivity index (χ4v) is 1.39. The Morgan fingerprint density at radius 3 is 2.71 bits per heavy atom. The van der Waals surface area contributed by atoms with Crippen LogP contribution in [-0.4, -0.2) is 13.4 Å². The van der Waals surface area contributed by atoms with E-state index in [0.29, 0.717) is 0 Å². The van der Waals surface area contributed by atoms with Gasteiger partial charge in [0, 0.05) is 5.56 Å². The number of para-hydroxylation sites is 1. The van der Waals surface area contributed by atoms with Gasteiger partial charge in [0.2, 0.25) is 0 Å². The summed E-state index contributed by atoms with van der Waals surface area (Å²) in [7, 11) is 1.63. The average Bonchev–Trinajstić information content (AvgIpc) is 2.26. The summed E-state index contributed by atoms with van der Waals surface area (Å²) in [6, 6.07) is 7.70. The van der Waals surface area contributed by atoms with Crippen LogP contribution < -0.4 is 4.74 Å². The van der Waals surface area contributed by atoms with Gasteiger partial charge in [-0.15, -0.1) is 0 Å². The lowest BCUT2D eigenvalue weighted by Crippen LogP contribution is -1.91. The Balaban J connectivity index is 3.15. The van der Waals surface area contributed by atoms with Crippen LogP contribution in [0.15, 0.2) is 30.3 Å². The molecule has 0 aliphatic rings. The van der Waals surface area contributed by atoms with Gasteiger partial charge < -0.3 is 4.74 Å². The molecule has 74 valence electrons. The molecule has 0 spiro atoms. The molecule has 1 aromatic carbocycles. The molecule has 0 N–H and O–H groups in total. The summed E-state index contributed by atoms with van der Waals surface area (Å²) < 4.78 is 5.22. The maximum atomic E-state index is 10.4. The fraction of sp³-hybridized carbons (Fsp3) is 0.250. The van der Waals surface area contributed by atoms with Crippen LogP contribution in [0.4, 0.5) is 0 Å². The lowest BCUT2D eigenvalue weighted by atomic mass is 10.0. The number of hydrogen-bond acceptors (Lipinski definition) is 2. The smallest absolute Gasteiger partial charge is 0.143 e. The number of ether oxygens (including phenoxy) is 1. The molecule has 0 saturated carbocycles. The van der Waals surface area contributed by atoms with E-state index in [1.807, 2.05) is 31.2 Å². The van der Waals surface area contributed by atoms with Crippen molar-refractivity contribution < 1.29 is 9.53 Å². The highest BCUT2D eigenvalue weighted by Gasteiger charge is 2.04. The van der Waals surface area contributed by atoms with Gasteiger partial charge in [-0.05, 0) is 24.1 Å². The summed E-state index contributed by atoms with van der Waals surface area (Å²) in [5.74, 6) is 0.808. The lowest BCUT2D eigenvalue weighted by molar-refractivity contribution is -0.104. The standard InChI is InChI=1S/C12H14O2/c1-3-10(8-9-13)11-6-4-5-7-12(11)14-2/h4-9H,3H2,1-2H3/b10-8-. The van der Waals surface area contributed by atoms with Crippen LogP contribution in [0.2, 0.25) is 0 Å². The molecule has 2 nitrogen and oxygen atoms in total. The maximum absolute atomic E-state index is 10.4. The Hall–Kier alpha value is -1.57. The van der Waals surface area contributed by atoms with Gasteiger partial charge in [0.05, 0.1) is 7.11 Å². The van der Waals surface area contributed by atoms with Gasteiger partial charge in [0.1, 0.15) is 12.0 Å². The molecule has 0 aliphatic heterocycles. The van der Waals surface area contributed by atoms with Crippen molar-refractivity contribution >= 4 is 11.9 Å². The van der Waals surface area contributed by atoms with Crippen molar-refractivity contribution in [2.75, 3.05) is 7.11 Å². The van der Waals surface area contributed by atoms with E-state index in [2.05, 4.69) is 0 Å². The monoisotopic (exact) mass is 190 g/mol. The van der Waals surface area contributed by atoms with Gasteiger partial charge in [-0.25, -0.2) is 0 Å². The van der Waals surface area contributed by atoms with Gasteiger partial charge >= 0.3 is 0 Å². The fourth-order valence-electron chi connectivity index (χ4n) is 1.39. The van der Waals surface area contributed by atoms with Crippen LogP contribution in [-0.2, 0) is 4.79 Å². The molecule has 2 heteroatoms. The summed E-state index contributed by atoms with van der Waals surface area (Å²) in [6.45, 7) is 2.02. The second-order valence-electron chi connectivity index (χ2n) is 2.88. The minimum Gasteiger partial charge on any atom is -0.496 e. The molecule has 0 unspecified atom stereocenters. The third kappa shape index (κ3) is 2.22. The summed E-state index contributed by atoms with van der Waals surface area (Å²) in [5.41, 5.74) is 1.99. The zero-order valence-corrected chi connectivity index (χ0v) is 8.49. The first-order valence-corrected chi connectivity index (χ1v) is 4.61. The molecule has 1 aromatic rings. The molecule has 0 bridgehead atoms. The quantitative estimate of drug-likeness (QED) is 0.539. The van der Waals surface area contributed by atoms with Crippen molar-refractivity contribution in [3.05, 3.63) is 35.9 Å². The molecule has 0 heterocycles. The number of aldehydes is 1. The highest BCUT2D eigenvalue weighted by Crippen LogP contribution is 2.27. The summed E-state index contributed by atoms with van der Waals surface area (Å²) in [4.78, 5) is 10.4. The second-order valence-corrected chi connectivity index (χ2v) is 2.88. The van der Waals surface area contributed by atoms with Gasteiger partial charge in [-0.3, -0.25) is 4.79 Å². The van der Waals surface area contributed by atoms with Crippen LogP contribution in [0.25, 0.3) is 5.57 Å². The molecule has 0 radical (unpaired) electrons. The van der Waals surface area contributed by atoms with Gasteiger partial charge in [-0.2, -0.15) is 0 Å². The third-order valence-electron chi connectivity index (χ3n) is 2.10. The predicted molar refractivity (Wildman–Crippen MR) is 57.3 cm³/mol. The van der Waals surface area contributed by atoms with E-state index in [1.54, 1.807) is 13.2 Å². The van der Waals surface area contributed by atoms with Gasteiger partial charge in [0.15, 0.2) is 0 Å². The Labute approximate surface area is 84.2 Å². The topological polar surface area (TPSA) is 26.3 Å². The largest absolute Gasteiger partial charge is 0.496 e. The first-order valence-electron chi connectivity index (χ1n) is 4.61. The number of hydrogen-bond donors (Lipinski definition) is 0. The highest BCUT2D eigenvalue weighted by atomic mass is 16.5. The van der Waals surface area contributed by atoms with Crippen molar-refractivity contribution in [3.63, 3.8) is 0 Å². The Morgan fingerprint density at radius 2 is 2.14 bits per heavy atom. The van der Waals surface area contributed by atoms with Crippen molar-refractivity contribution in [1.82, 2.24) is 0 Å².